The van der Waals surface area contributed by atoms with Crippen LogP contribution in [0.3, 0.4) is 0 Å². The lowest BCUT2D eigenvalue weighted by Crippen LogP contribution is -2.40. The fourth-order valence-corrected chi connectivity index (χ4v) is 3.79. The number of amides is 1. The molecular weight excluding hydrogens is 328 g/mol. The van der Waals surface area contributed by atoms with Gasteiger partial charge in [-0.2, -0.15) is 5.10 Å². The van der Waals surface area contributed by atoms with Crippen molar-refractivity contribution in [3.8, 4) is 0 Å². The molecule has 8 nitrogen and oxygen atoms in total. The highest BCUT2D eigenvalue weighted by Crippen LogP contribution is 2.26. The highest BCUT2D eigenvalue weighted by atomic mass is 32.1. The third-order valence-corrected chi connectivity index (χ3v) is 5.22. The third-order valence-electron chi connectivity index (χ3n) is 4.36. The standard InChI is InChI=1S/C15H22N6O2S/c1-4-21-12(18-19(3)15(21)23)10-6-5-7-20(8-10)13(22)11-9-24-14(16-2)17-11/h9-10H,4-8H2,1-3H3,(H,16,17)/t10-/m1/s1. The average molecular weight is 350 g/mol. The molecule has 0 radical (unpaired) electrons. The van der Waals surface area contributed by atoms with Crippen LogP contribution in [0.25, 0.3) is 0 Å². The van der Waals surface area contributed by atoms with Gasteiger partial charge in [0.2, 0.25) is 0 Å². The molecule has 130 valence electrons. The van der Waals surface area contributed by atoms with Gasteiger partial charge in [-0.05, 0) is 19.8 Å². The van der Waals surface area contributed by atoms with Gasteiger partial charge < -0.3 is 10.2 Å². The fourth-order valence-electron chi connectivity index (χ4n) is 3.14. The van der Waals surface area contributed by atoms with Crippen LogP contribution in [0.2, 0.25) is 0 Å². The van der Waals surface area contributed by atoms with E-state index in [1.54, 1.807) is 24.0 Å². The number of hydrogen-bond donors (Lipinski definition) is 1. The van der Waals surface area contributed by atoms with Crippen LogP contribution in [0.4, 0.5) is 5.13 Å². The first-order valence-electron chi connectivity index (χ1n) is 8.11. The molecule has 2 aromatic rings. The second-order valence-corrected chi connectivity index (χ2v) is 6.74. The lowest BCUT2D eigenvalue weighted by atomic mass is 9.97. The van der Waals surface area contributed by atoms with Crippen LogP contribution in [-0.2, 0) is 13.6 Å². The number of nitrogens with zero attached hydrogens (tertiary/aromatic N) is 5. The summed E-state index contributed by atoms with van der Waals surface area (Å²) >= 11 is 1.42. The number of rotatable bonds is 4. The normalized spacial score (nSPS) is 18.0. The van der Waals surface area contributed by atoms with E-state index in [1.165, 1.54) is 16.0 Å². The number of thiazole rings is 1. The molecule has 0 bridgehead atoms. The molecule has 0 unspecified atom stereocenters. The molecule has 0 saturated carbocycles. The number of carbonyl (C=O) groups is 1. The van der Waals surface area contributed by atoms with Crippen molar-refractivity contribution in [3.05, 3.63) is 27.4 Å². The van der Waals surface area contributed by atoms with Crippen molar-refractivity contribution in [2.24, 2.45) is 7.05 Å². The number of likely N-dealkylation sites (tertiary alicyclic amines) is 1. The Morgan fingerprint density at radius 2 is 2.29 bits per heavy atom. The van der Waals surface area contributed by atoms with Gasteiger partial charge in [-0.15, -0.1) is 11.3 Å². The molecule has 1 amide bonds. The molecule has 1 aliphatic heterocycles. The zero-order valence-corrected chi connectivity index (χ0v) is 15.0. The maximum absolute atomic E-state index is 12.7. The number of piperidine rings is 1. The van der Waals surface area contributed by atoms with Crippen molar-refractivity contribution >= 4 is 22.4 Å². The molecule has 1 aliphatic rings. The van der Waals surface area contributed by atoms with E-state index >= 15 is 0 Å². The average Bonchev–Trinajstić information content (AvgIpc) is 3.19. The monoisotopic (exact) mass is 350 g/mol. The van der Waals surface area contributed by atoms with Crippen LogP contribution in [0.5, 0.6) is 0 Å². The topological polar surface area (TPSA) is 85.1 Å². The summed E-state index contributed by atoms with van der Waals surface area (Å²) in [4.78, 5) is 30.9. The molecule has 0 aliphatic carbocycles. The first-order valence-corrected chi connectivity index (χ1v) is 8.99. The van der Waals surface area contributed by atoms with Crippen molar-refractivity contribution in [1.29, 1.82) is 0 Å². The Morgan fingerprint density at radius 1 is 1.50 bits per heavy atom. The Bertz CT molecular complexity index is 792. The van der Waals surface area contributed by atoms with Crippen LogP contribution in [0.1, 0.15) is 42.0 Å². The molecule has 1 N–H and O–H groups in total. The van der Waals surface area contributed by atoms with E-state index in [0.29, 0.717) is 25.3 Å². The summed E-state index contributed by atoms with van der Waals surface area (Å²) < 4.78 is 3.07. The predicted octanol–water partition coefficient (Wildman–Crippen LogP) is 1.12. The van der Waals surface area contributed by atoms with Crippen molar-refractivity contribution in [3.63, 3.8) is 0 Å². The van der Waals surface area contributed by atoms with Crippen LogP contribution < -0.4 is 11.0 Å². The Balaban J connectivity index is 1.80. The summed E-state index contributed by atoms with van der Waals surface area (Å²) in [6.07, 6.45) is 1.83. The van der Waals surface area contributed by atoms with Crippen LogP contribution >= 0.6 is 11.3 Å². The minimum Gasteiger partial charge on any atom is -0.365 e. The second-order valence-electron chi connectivity index (χ2n) is 5.89. The van der Waals surface area contributed by atoms with E-state index < -0.39 is 0 Å². The van der Waals surface area contributed by atoms with Crippen LogP contribution in [-0.4, -0.2) is 50.3 Å². The first-order chi connectivity index (χ1) is 11.5. The molecule has 3 rings (SSSR count). The minimum absolute atomic E-state index is 0.0567. The SMILES string of the molecule is CCn1c([C@@H]2CCCN(C(=O)c3csc(NC)n3)C2)nn(C)c1=O. The zero-order chi connectivity index (χ0) is 17.3. The maximum atomic E-state index is 12.7. The van der Waals surface area contributed by atoms with E-state index in [0.717, 1.165) is 23.8 Å². The van der Waals surface area contributed by atoms with E-state index in [2.05, 4.69) is 15.4 Å². The Morgan fingerprint density at radius 3 is 2.96 bits per heavy atom. The molecule has 24 heavy (non-hydrogen) atoms. The van der Waals surface area contributed by atoms with Crippen molar-refractivity contribution < 1.29 is 4.79 Å². The Hall–Kier alpha value is -2.16. The van der Waals surface area contributed by atoms with Gasteiger partial charge in [0, 0.05) is 45.0 Å². The van der Waals surface area contributed by atoms with Gasteiger partial charge >= 0.3 is 5.69 Å². The van der Waals surface area contributed by atoms with E-state index in [-0.39, 0.29) is 17.5 Å². The summed E-state index contributed by atoms with van der Waals surface area (Å²) in [5.74, 6) is 0.800. The van der Waals surface area contributed by atoms with E-state index in [4.69, 9.17) is 0 Å². The molecule has 2 aromatic heterocycles. The molecule has 1 fully saturated rings. The molecule has 1 atom stereocenters. The molecule has 0 aromatic carbocycles. The fraction of sp³-hybridized carbons (Fsp3) is 0.600. The lowest BCUT2D eigenvalue weighted by Gasteiger charge is -2.31. The summed E-state index contributed by atoms with van der Waals surface area (Å²) in [5, 5.41) is 9.85. The number of nitrogens with one attached hydrogen (secondary N) is 1. The number of aryl methyl sites for hydroxylation is 1. The van der Waals surface area contributed by atoms with Gasteiger partial charge in [0.05, 0.1) is 0 Å². The molecular formula is C15H22N6O2S. The highest BCUT2D eigenvalue weighted by Gasteiger charge is 2.30. The summed E-state index contributed by atoms with van der Waals surface area (Å²) in [5.41, 5.74) is 0.369. The van der Waals surface area contributed by atoms with Gasteiger partial charge in [0.15, 0.2) is 5.13 Å². The summed E-state index contributed by atoms with van der Waals surface area (Å²) in [6, 6.07) is 0. The largest absolute Gasteiger partial charge is 0.365 e. The Kier molecular flexibility index (Phi) is 4.70. The minimum atomic E-state index is -0.103. The smallest absolute Gasteiger partial charge is 0.345 e. The zero-order valence-electron chi connectivity index (χ0n) is 14.2. The third kappa shape index (κ3) is 2.95. The second kappa shape index (κ2) is 6.76. The Labute approximate surface area is 144 Å². The van der Waals surface area contributed by atoms with Gasteiger partial charge in [0.25, 0.3) is 5.91 Å². The van der Waals surface area contributed by atoms with E-state index in [9.17, 15) is 9.59 Å². The molecule has 3 heterocycles. The van der Waals surface area contributed by atoms with Crippen molar-refractivity contribution in [1.82, 2.24) is 24.2 Å². The van der Waals surface area contributed by atoms with Crippen molar-refractivity contribution in [2.75, 3.05) is 25.5 Å². The van der Waals surface area contributed by atoms with E-state index in [1.807, 2.05) is 11.8 Å². The van der Waals surface area contributed by atoms with Crippen LogP contribution in [0.15, 0.2) is 10.2 Å². The lowest BCUT2D eigenvalue weighted by molar-refractivity contribution is 0.0698. The van der Waals surface area contributed by atoms with Crippen LogP contribution in [0, 0.1) is 0 Å². The molecule has 1 saturated heterocycles. The van der Waals surface area contributed by atoms with Gasteiger partial charge in [-0.25, -0.2) is 14.5 Å². The number of hydrogen-bond acceptors (Lipinski definition) is 6. The quantitative estimate of drug-likeness (QED) is 0.893. The number of aromatic nitrogens is 4. The number of anilines is 1. The number of carbonyl (C=O) groups excluding carboxylic acids is 1. The molecule has 9 heteroatoms. The highest BCUT2D eigenvalue weighted by molar-refractivity contribution is 7.13. The summed E-state index contributed by atoms with van der Waals surface area (Å²) in [7, 11) is 3.45. The van der Waals surface area contributed by atoms with Gasteiger partial charge in [0.1, 0.15) is 11.5 Å². The van der Waals surface area contributed by atoms with Crippen molar-refractivity contribution in [2.45, 2.75) is 32.2 Å². The van der Waals surface area contributed by atoms with Gasteiger partial charge in [-0.1, -0.05) is 0 Å². The molecule has 0 spiro atoms. The van der Waals surface area contributed by atoms with Gasteiger partial charge in [-0.3, -0.25) is 9.36 Å². The maximum Gasteiger partial charge on any atom is 0.345 e. The first kappa shape index (κ1) is 16.7. The summed E-state index contributed by atoms with van der Waals surface area (Å²) in [6.45, 7) is 3.81. The predicted molar refractivity (Wildman–Crippen MR) is 92.7 cm³/mol.